The Morgan fingerprint density at radius 3 is 2.62 bits per heavy atom. The highest BCUT2D eigenvalue weighted by molar-refractivity contribution is 6.60. The molecule has 2 N–H and O–H groups in total. The molecule has 0 bridgehead atoms. The van der Waals surface area contributed by atoms with Crippen LogP contribution in [0.15, 0.2) is 12.1 Å². The summed E-state index contributed by atoms with van der Waals surface area (Å²) in [6, 6.07) is 3.26. The summed E-state index contributed by atoms with van der Waals surface area (Å²) in [6.45, 7) is 4.15. The number of aldehydes is 1. The van der Waals surface area contributed by atoms with Crippen molar-refractivity contribution in [2.45, 2.75) is 20.3 Å². The molecule has 16 heavy (non-hydrogen) atoms. The zero-order chi connectivity index (χ0) is 12.1. The number of carbonyl (C=O) groups excluding carboxylic acids is 1. The molecule has 1 aromatic carbocycles. The van der Waals surface area contributed by atoms with Crippen molar-refractivity contribution in [3.63, 3.8) is 0 Å². The largest absolute Gasteiger partial charge is 0.493 e. The van der Waals surface area contributed by atoms with E-state index < -0.39 is 7.12 Å². The van der Waals surface area contributed by atoms with Gasteiger partial charge < -0.3 is 14.8 Å². The molecule has 0 aliphatic rings. The first-order chi connectivity index (χ1) is 7.60. The summed E-state index contributed by atoms with van der Waals surface area (Å²) in [4.78, 5) is 10.9. The Bertz CT molecular complexity index is 376. The van der Waals surface area contributed by atoms with Crippen LogP contribution in [-0.4, -0.2) is 30.1 Å². The van der Waals surface area contributed by atoms with E-state index in [2.05, 4.69) is 0 Å². The van der Waals surface area contributed by atoms with Gasteiger partial charge in [-0.15, -0.1) is 0 Å². The number of hydrogen-bond donors (Lipinski definition) is 2. The first kappa shape index (κ1) is 12.7. The van der Waals surface area contributed by atoms with Crippen LogP contribution in [0.3, 0.4) is 0 Å². The van der Waals surface area contributed by atoms with Crippen LogP contribution in [0.4, 0.5) is 0 Å². The number of rotatable bonds is 5. The van der Waals surface area contributed by atoms with E-state index in [0.717, 1.165) is 12.0 Å². The molecule has 4 nitrogen and oxygen atoms in total. The van der Waals surface area contributed by atoms with Crippen LogP contribution in [0.5, 0.6) is 5.75 Å². The first-order valence-corrected chi connectivity index (χ1v) is 5.18. The van der Waals surface area contributed by atoms with Crippen LogP contribution in [0.25, 0.3) is 0 Å². The summed E-state index contributed by atoms with van der Waals surface area (Å²) in [5.74, 6) is 0.262. The van der Waals surface area contributed by atoms with Gasteiger partial charge in [0.15, 0.2) is 6.29 Å². The zero-order valence-electron chi connectivity index (χ0n) is 9.43. The molecule has 0 heterocycles. The van der Waals surface area contributed by atoms with Gasteiger partial charge in [-0.25, -0.2) is 0 Å². The van der Waals surface area contributed by atoms with E-state index in [9.17, 15) is 14.8 Å². The van der Waals surface area contributed by atoms with Gasteiger partial charge in [-0.2, -0.15) is 0 Å². The lowest BCUT2D eigenvalue weighted by Crippen LogP contribution is -2.32. The van der Waals surface area contributed by atoms with Crippen molar-refractivity contribution in [3.8, 4) is 5.75 Å². The third-order valence-corrected chi connectivity index (χ3v) is 2.15. The molecule has 86 valence electrons. The van der Waals surface area contributed by atoms with E-state index in [1.165, 1.54) is 0 Å². The average molecular weight is 222 g/mol. The number of aryl methyl sites for hydroxylation is 1. The van der Waals surface area contributed by atoms with Crippen molar-refractivity contribution >= 4 is 18.9 Å². The second-order valence-electron chi connectivity index (χ2n) is 3.61. The molecule has 0 saturated carbocycles. The summed E-state index contributed by atoms with van der Waals surface area (Å²) in [5.41, 5.74) is 1.36. The predicted molar refractivity (Wildman–Crippen MR) is 62.2 cm³/mol. The standard InChI is InChI=1S/C11H15BO4/c1-3-4-16-11-9(7-13)5-8(2)6-10(11)12(14)15/h5-7,14-15H,3-4H2,1-2H3. The van der Waals surface area contributed by atoms with Crippen LogP contribution in [0.1, 0.15) is 29.3 Å². The third-order valence-electron chi connectivity index (χ3n) is 2.15. The summed E-state index contributed by atoms with van der Waals surface area (Å²) in [7, 11) is -1.63. The minimum Gasteiger partial charge on any atom is -0.493 e. The highest BCUT2D eigenvalue weighted by Crippen LogP contribution is 2.16. The van der Waals surface area contributed by atoms with E-state index in [-0.39, 0.29) is 11.2 Å². The van der Waals surface area contributed by atoms with E-state index in [0.29, 0.717) is 18.5 Å². The third kappa shape index (κ3) is 2.84. The molecule has 0 radical (unpaired) electrons. The van der Waals surface area contributed by atoms with Crippen molar-refractivity contribution in [2.75, 3.05) is 6.61 Å². The predicted octanol–water partition coefficient (Wildman–Crippen LogP) is 0.276. The topological polar surface area (TPSA) is 66.8 Å². The van der Waals surface area contributed by atoms with Gasteiger partial charge in [0.25, 0.3) is 0 Å². The lowest BCUT2D eigenvalue weighted by molar-refractivity contribution is 0.111. The molecular formula is C11H15BO4. The van der Waals surface area contributed by atoms with Crippen LogP contribution in [-0.2, 0) is 0 Å². The summed E-state index contributed by atoms with van der Waals surface area (Å²) < 4.78 is 5.37. The number of ether oxygens (including phenoxy) is 1. The molecule has 0 unspecified atom stereocenters. The normalized spacial score (nSPS) is 10.0. The fourth-order valence-corrected chi connectivity index (χ4v) is 1.48. The van der Waals surface area contributed by atoms with Crippen LogP contribution in [0.2, 0.25) is 0 Å². The van der Waals surface area contributed by atoms with Crippen molar-refractivity contribution < 1.29 is 19.6 Å². The second-order valence-corrected chi connectivity index (χ2v) is 3.61. The first-order valence-electron chi connectivity index (χ1n) is 5.18. The Morgan fingerprint density at radius 1 is 1.44 bits per heavy atom. The van der Waals surface area contributed by atoms with Gasteiger partial charge in [0.2, 0.25) is 0 Å². The Kier molecular flexibility index (Phi) is 4.52. The zero-order valence-corrected chi connectivity index (χ0v) is 9.43. The SMILES string of the molecule is CCCOc1c(C=O)cc(C)cc1B(O)O. The lowest BCUT2D eigenvalue weighted by atomic mass is 9.77. The minimum atomic E-state index is -1.63. The van der Waals surface area contributed by atoms with Gasteiger partial charge in [0.05, 0.1) is 12.2 Å². The van der Waals surface area contributed by atoms with Crippen molar-refractivity contribution in [1.29, 1.82) is 0 Å². The van der Waals surface area contributed by atoms with Gasteiger partial charge in [-0.05, 0) is 19.4 Å². The average Bonchev–Trinajstić information content (AvgIpc) is 2.26. The highest BCUT2D eigenvalue weighted by Gasteiger charge is 2.20. The second kappa shape index (κ2) is 5.68. The van der Waals surface area contributed by atoms with E-state index in [4.69, 9.17) is 4.74 Å². The maximum absolute atomic E-state index is 10.9. The molecular weight excluding hydrogens is 207 g/mol. The molecule has 0 aliphatic heterocycles. The molecule has 1 aromatic rings. The molecule has 0 aliphatic carbocycles. The van der Waals surface area contributed by atoms with E-state index >= 15 is 0 Å². The fourth-order valence-electron chi connectivity index (χ4n) is 1.48. The monoisotopic (exact) mass is 222 g/mol. The smallest absolute Gasteiger partial charge is 0.492 e. The van der Waals surface area contributed by atoms with Crippen LogP contribution in [0, 0.1) is 6.92 Å². The quantitative estimate of drug-likeness (QED) is 0.554. The summed E-state index contributed by atoms with van der Waals surface area (Å²) >= 11 is 0. The number of hydrogen-bond acceptors (Lipinski definition) is 4. The van der Waals surface area contributed by atoms with Crippen LogP contribution < -0.4 is 10.2 Å². The fraction of sp³-hybridized carbons (Fsp3) is 0.364. The summed E-state index contributed by atoms with van der Waals surface area (Å²) in [5, 5.41) is 18.4. The molecule has 0 spiro atoms. The Hall–Kier alpha value is -1.33. The molecule has 0 amide bonds. The molecule has 1 rings (SSSR count). The maximum Gasteiger partial charge on any atom is 0.492 e. The van der Waals surface area contributed by atoms with Gasteiger partial charge in [0, 0.05) is 5.46 Å². The van der Waals surface area contributed by atoms with Crippen molar-refractivity contribution in [2.24, 2.45) is 0 Å². The van der Waals surface area contributed by atoms with Gasteiger partial charge in [-0.3, -0.25) is 4.79 Å². The summed E-state index contributed by atoms with van der Waals surface area (Å²) in [6.07, 6.45) is 1.44. The minimum absolute atomic E-state index is 0.232. The maximum atomic E-state index is 10.9. The molecule has 5 heteroatoms. The van der Waals surface area contributed by atoms with Crippen LogP contribution >= 0.6 is 0 Å². The van der Waals surface area contributed by atoms with Crippen molar-refractivity contribution in [1.82, 2.24) is 0 Å². The molecule has 0 atom stereocenters. The highest BCUT2D eigenvalue weighted by atomic mass is 16.5. The van der Waals surface area contributed by atoms with Crippen molar-refractivity contribution in [3.05, 3.63) is 23.3 Å². The molecule has 0 saturated heterocycles. The number of benzene rings is 1. The van der Waals surface area contributed by atoms with Gasteiger partial charge in [0.1, 0.15) is 5.75 Å². The Balaban J connectivity index is 3.21. The number of carbonyl (C=O) groups is 1. The Morgan fingerprint density at radius 2 is 2.12 bits per heavy atom. The molecule has 0 aromatic heterocycles. The Labute approximate surface area is 95.0 Å². The van der Waals surface area contributed by atoms with E-state index in [1.54, 1.807) is 19.1 Å². The lowest BCUT2D eigenvalue weighted by Gasteiger charge is -2.13. The van der Waals surface area contributed by atoms with Gasteiger partial charge in [-0.1, -0.05) is 18.6 Å². The van der Waals surface area contributed by atoms with E-state index in [1.807, 2.05) is 6.92 Å². The molecule has 0 fully saturated rings. The van der Waals surface area contributed by atoms with Gasteiger partial charge >= 0.3 is 7.12 Å².